The van der Waals surface area contributed by atoms with Gasteiger partial charge < -0.3 is 9.47 Å². The minimum Gasteiger partial charge on any atom is -0.489 e. The lowest BCUT2D eigenvalue weighted by molar-refractivity contribution is -0.132. The van der Waals surface area contributed by atoms with E-state index in [2.05, 4.69) is 5.43 Å². The highest BCUT2D eigenvalue weighted by atomic mass is 35.5. The largest absolute Gasteiger partial charge is 0.489 e. The Kier molecular flexibility index (Phi) is 4.94. The van der Waals surface area contributed by atoms with Crippen LogP contribution in [0.3, 0.4) is 0 Å². The number of hydrogen-bond donors (Lipinski definition) is 2. The van der Waals surface area contributed by atoms with Crippen molar-refractivity contribution in [2.24, 2.45) is 5.84 Å². The number of carbonyl (C=O) groups is 2. The first-order valence-electron chi connectivity index (χ1n) is 6.17. The summed E-state index contributed by atoms with van der Waals surface area (Å²) in [5.41, 5.74) is 2.55. The Hall–Kier alpha value is -1.63. The van der Waals surface area contributed by atoms with Crippen LogP contribution in [0.1, 0.15) is 23.2 Å². The zero-order valence-corrected chi connectivity index (χ0v) is 11.4. The molecule has 3 N–H and O–H groups in total. The molecule has 0 radical (unpaired) electrons. The first-order valence-corrected chi connectivity index (χ1v) is 6.55. The van der Waals surface area contributed by atoms with E-state index < -0.39 is 6.10 Å². The van der Waals surface area contributed by atoms with Crippen molar-refractivity contribution in [3.63, 3.8) is 0 Å². The van der Waals surface area contributed by atoms with E-state index in [1.165, 1.54) is 6.07 Å². The van der Waals surface area contributed by atoms with E-state index in [1.54, 1.807) is 12.1 Å². The minimum absolute atomic E-state index is 0.181. The van der Waals surface area contributed by atoms with Crippen LogP contribution >= 0.6 is 11.6 Å². The third kappa shape index (κ3) is 3.47. The van der Waals surface area contributed by atoms with Gasteiger partial charge in [-0.2, -0.15) is 0 Å². The average molecular weight is 299 g/mol. The summed E-state index contributed by atoms with van der Waals surface area (Å²) in [4.78, 5) is 21.9. The number of amides is 1. The Labute approximate surface area is 121 Å². The molecule has 1 heterocycles. The van der Waals surface area contributed by atoms with E-state index in [-0.39, 0.29) is 18.6 Å². The average Bonchev–Trinajstić information content (AvgIpc) is 2.94. The summed E-state index contributed by atoms with van der Waals surface area (Å²) < 4.78 is 11.1. The molecule has 108 valence electrons. The number of carbonyl (C=O) groups excluding carboxylic acids is 2. The van der Waals surface area contributed by atoms with Crippen molar-refractivity contribution in [3.05, 3.63) is 28.8 Å². The van der Waals surface area contributed by atoms with Crippen molar-refractivity contribution in [1.82, 2.24) is 5.43 Å². The fourth-order valence-electron chi connectivity index (χ4n) is 2.00. The van der Waals surface area contributed by atoms with Gasteiger partial charge in [0.15, 0.2) is 0 Å². The van der Waals surface area contributed by atoms with Gasteiger partial charge in [0, 0.05) is 5.56 Å². The van der Waals surface area contributed by atoms with Crippen molar-refractivity contribution < 1.29 is 19.1 Å². The topological polar surface area (TPSA) is 90.6 Å². The lowest BCUT2D eigenvalue weighted by atomic mass is 10.2. The number of hydrogen-bond acceptors (Lipinski definition) is 5. The fourth-order valence-corrected chi connectivity index (χ4v) is 2.25. The number of halogens is 1. The van der Waals surface area contributed by atoms with Crippen molar-refractivity contribution >= 4 is 23.8 Å². The highest BCUT2D eigenvalue weighted by Crippen LogP contribution is 2.27. The number of nitrogens with one attached hydrogen (secondary N) is 1. The highest BCUT2D eigenvalue weighted by molar-refractivity contribution is 6.32. The molecule has 1 aromatic carbocycles. The summed E-state index contributed by atoms with van der Waals surface area (Å²) in [6.07, 6.45) is 1.32. The van der Waals surface area contributed by atoms with Crippen molar-refractivity contribution in [2.45, 2.75) is 25.0 Å². The van der Waals surface area contributed by atoms with Gasteiger partial charge in [0.05, 0.1) is 11.1 Å². The molecule has 7 heteroatoms. The summed E-state index contributed by atoms with van der Waals surface area (Å²) in [6.45, 7) is 0.286. The van der Waals surface area contributed by atoms with Crippen molar-refractivity contribution in [1.29, 1.82) is 0 Å². The molecule has 1 saturated heterocycles. The predicted molar refractivity (Wildman–Crippen MR) is 72.6 cm³/mol. The van der Waals surface area contributed by atoms with Crippen LogP contribution < -0.4 is 16.0 Å². The molecule has 0 aromatic heterocycles. The monoisotopic (exact) mass is 298 g/mol. The Balaban J connectivity index is 1.87. The number of benzene rings is 1. The first-order chi connectivity index (χ1) is 9.63. The molecule has 1 aliphatic heterocycles. The molecular formula is C13H15ClN2O4. The number of aldehydes is 1. The van der Waals surface area contributed by atoms with Crippen LogP contribution in [0.25, 0.3) is 0 Å². The quantitative estimate of drug-likeness (QED) is 0.367. The second-order valence-corrected chi connectivity index (χ2v) is 4.86. The molecule has 0 aliphatic carbocycles. The standard InChI is InChI=1S/C13H15ClN2O4/c14-10-5-8(6-17)1-3-11(10)19-7-9-2-4-12(20-9)13(18)16-15/h1,3,5-6,9,12H,2,4,7,15H2,(H,16,18). The summed E-state index contributed by atoms with van der Waals surface area (Å²) in [5.74, 6) is 5.20. The van der Waals surface area contributed by atoms with E-state index in [4.69, 9.17) is 26.9 Å². The van der Waals surface area contributed by atoms with Gasteiger partial charge in [-0.05, 0) is 31.0 Å². The molecule has 0 saturated carbocycles. The lowest BCUT2D eigenvalue weighted by Gasteiger charge is -2.14. The first kappa shape index (κ1) is 14.8. The van der Waals surface area contributed by atoms with E-state index in [0.29, 0.717) is 35.5 Å². The zero-order chi connectivity index (χ0) is 14.5. The summed E-state index contributed by atoms with van der Waals surface area (Å²) in [6, 6.07) is 4.78. The highest BCUT2D eigenvalue weighted by Gasteiger charge is 2.30. The molecule has 1 aromatic rings. The zero-order valence-electron chi connectivity index (χ0n) is 10.7. The molecule has 1 amide bonds. The Morgan fingerprint density at radius 1 is 1.55 bits per heavy atom. The van der Waals surface area contributed by atoms with Gasteiger partial charge in [-0.25, -0.2) is 5.84 Å². The minimum atomic E-state index is -0.526. The Morgan fingerprint density at radius 3 is 3.00 bits per heavy atom. The number of ether oxygens (including phenoxy) is 2. The number of hydrazine groups is 1. The van der Waals surface area contributed by atoms with Gasteiger partial charge in [0.1, 0.15) is 24.7 Å². The summed E-state index contributed by atoms with van der Waals surface area (Å²) in [5, 5.41) is 0.365. The fraction of sp³-hybridized carbons (Fsp3) is 0.385. The van der Waals surface area contributed by atoms with Crippen LogP contribution in [0.5, 0.6) is 5.75 Å². The van der Waals surface area contributed by atoms with E-state index >= 15 is 0 Å². The van der Waals surface area contributed by atoms with Gasteiger partial charge in [0.2, 0.25) is 0 Å². The Morgan fingerprint density at radius 2 is 2.35 bits per heavy atom. The van der Waals surface area contributed by atoms with Gasteiger partial charge >= 0.3 is 0 Å². The van der Waals surface area contributed by atoms with Crippen molar-refractivity contribution in [3.8, 4) is 5.75 Å². The van der Waals surface area contributed by atoms with Gasteiger partial charge in [-0.3, -0.25) is 15.0 Å². The summed E-state index contributed by atoms with van der Waals surface area (Å²) in [7, 11) is 0. The predicted octanol–water partition coefficient (Wildman–Crippen LogP) is 1.07. The van der Waals surface area contributed by atoms with Gasteiger partial charge in [0.25, 0.3) is 5.91 Å². The maximum absolute atomic E-state index is 11.3. The van der Waals surface area contributed by atoms with Crippen LogP contribution in [0, 0.1) is 0 Å². The van der Waals surface area contributed by atoms with E-state index in [1.807, 2.05) is 0 Å². The van der Waals surface area contributed by atoms with Crippen LogP contribution in [0.15, 0.2) is 18.2 Å². The third-order valence-electron chi connectivity index (χ3n) is 3.06. The number of rotatable bonds is 5. The molecule has 0 bridgehead atoms. The molecule has 2 rings (SSSR count). The van der Waals surface area contributed by atoms with E-state index in [9.17, 15) is 9.59 Å². The summed E-state index contributed by atoms with van der Waals surface area (Å²) >= 11 is 5.99. The number of nitrogens with two attached hydrogens (primary N) is 1. The molecule has 1 fully saturated rings. The Bertz CT molecular complexity index is 509. The molecule has 2 unspecified atom stereocenters. The molecular weight excluding hydrogens is 284 g/mol. The smallest absolute Gasteiger partial charge is 0.263 e. The molecule has 20 heavy (non-hydrogen) atoms. The SMILES string of the molecule is NNC(=O)C1CCC(COc2ccc(C=O)cc2Cl)O1. The van der Waals surface area contributed by atoms with Gasteiger partial charge in [-0.1, -0.05) is 11.6 Å². The third-order valence-corrected chi connectivity index (χ3v) is 3.35. The molecule has 2 atom stereocenters. The normalized spacial score (nSPS) is 21.5. The van der Waals surface area contributed by atoms with Crippen molar-refractivity contribution in [2.75, 3.05) is 6.61 Å². The molecule has 6 nitrogen and oxygen atoms in total. The maximum atomic E-state index is 11.3. The van der Waals surface area contributed by atoms with Gasteiger partial charge in [-0.15, -0.1) is 0 Å². The molecule has 0 spiro atoms. The van der Waals surface area contributed by atoms with Crippen LogP contribution in [-0.4, -0.2) is 31.0 Å². The second kappa shape index (κ2) is 6.69. The second-order valence-electron chi connectivity index (χ2n) is 4.45. The van der Waals surface area contributed by atoms with E-state index in [0.717, 1.165) is 0 Å². The van der Waals surface area contributed by atoms with Crippen LogP contribution in [-0.2, 0) is 9.53 Å². The van der Waals surface area contributed by atoms with Crippen LogP contribution in [0.2, 0.25) is 5.02 Å². The molecule has 1 aliphatic rings. The lowest BCUT2D eigenvalue weighted by Crippen LogP contribution is -2.39. The maximum Gasteiger partial charge on any atom is 0.263 e. The van der Waals surface area contributed by atoms with Crippen LogP contribution in [0.4, 0.5) is 0 Å².